The van der Waals surface area contributed by atoms with Gasteiger partial charge in [0.1, 0.15) is 0 Å². The summed E-state index contributed by atoms with van der Waals surface area (Å²) in [5, 5.41) is 2.80. The summed E-state index contributed by atoms with van der Waals surface area (Å²) in [6, 6.07) is 17.5. The molecule has 2 aromatic carbocycles. The average Bonchev–Trinajstić information content (AvgIpc) is 2.45. The molecule has 1 amide bonds. The largest absolute Gasteiger partial charge is 0.349 e. The number of amides is 1. The Hall–Kier alpha value is -2.35. The van der Waals surface area contributed by atoms with Crippen molar-refractivity contribution in [3.8, 4) is 11.1 Å². The quantitative estimate of drug-likeness (QED) is 0.812. The summed E-state index contributed by atoms with van der Waals surface area (Å²) >= 11 is 0. The summed E-state index contributed by atoms with van der Waals surface area (Å²) in [5.41, 5.74) is 2.67. The van der Waals surface area contributed by atoms with Crippen LogP contribution in [0.1, 0.15) is 10.4 Å². The van der Waals surface area contributed by atoms with Crippen LogP contribution in [0, 0.1) is 0 Å². The fourth-order valence-corrected chi connectivity index (χ4v) is 1.81. The first-order chi connectivity index (χ1) is 8.83. The number of carbonyl (C=O) groups is 1. The number of benzene rings is 2. The highest BCUT2D eigenvalue weighted by molar-refractivity contribution is 6.00. The minimum absolute atomic E-state index is 0.0747. The predicted molar refractivity (Wildman–Crippen MR) is 74.4 cm³/mol. The highest BCUT2D eigenvalue weighted by Gasteiger charge is 2.10. The molecule has 0 atom stereocenters. The molecule has 0 saturated heterocycles. The van der Waals surface area contributed by atoms with Gasteiger partial charge in [-0.15, -0.1) is 6.58 Å². The highest BCUT2D eigenvalue weighted by Crippen LogP contribution is 2.23. The summed E-state index contributed by atoms with van der Waals surface area (Å²) in [7, 11) is 0. The minimum atomic E-state index is -0.0747. The molecule has 18 heavy (non-hydrogen) atoms. The lowest BCUT2D eigenvalue weighted by Gasteiger charge is -2.09. The van der Waals surface area contributed by atoms with E-state index < -0.39 is 0 Å². The predicted octanol–water partition coefficient (Wildman–Crippen LogP) is 3.27. The van der Waals surface area contributed by atoms with E-state index in [2.05, 4.69) is 11.9 Å². The first-order valence-electron chi connectivity index (χ1n) is 5.86. The fourth-order valence-electron chi connectivity index (χ4n) is 1.81. The van der Waals surface area contributed by atoms with Gasteiger partial charge < -0.3 is 5.32 Å². The molecule has 2 rings (SSSR count). The van der Waals surface area contributed by atoms with Crippen molar-refractivity contribution < 1.29 is 4.79 Å². The van der Waals surface area contributed by atoms with Gasteiger partial charge in [-0.25, -0.2) is 0 Å². The third-order valence-electron chi connectivity index (χ3n) is 2.66. The first-order valence-corrected chi connectivity index (χ1v) is 5.86. The van der Waals surface area contributed by atoms with Crippen molar-refractivity contribution in [3.63, 3.8) is 0 Å². The van der Waals surface area contributed by atoms with Crippen LogP contribution in [0.25, 0.3) is 11.1 Å². The molecule has 0 aliphatic rings. The van der Waals surface area contributed by atoms with E-state index >= 15 is 0 Å². The second-order valence-corrected chi connectivity index (χ2v) is 3.91. The van der Waals surface area contributed by atoms with Crippen LogP contribution in [0.3, 0.4) is 0 Å². The van der Waals surface area contributed by atoms with Crippen molar-refractivity contribution in [2.75, 3.05) is 6.54 Å². The molecule has 2 nitrogen and oxygen atoms in total. The lowest BCUT2D eigenvalue weighted by Crippen LogP contribution is -2.23. The van der Waals surface area contributed by atoms with Gasteiger partial charge in [-0.3, -0.25) is 4.79 Å². The van der Waals surface area contributed by atoms with Gasteiger partial charge in [0.25, 0.3) is 5.91 Å². The van der Waals surface area contributed by atoms with Gasteiger partial charge in [0.05, 0.1) is 0 Å². The fraction of sp³-hybridized carbons (Fsp3) is 0.0625. The zero-order valence-electron chi connectivity index (χ0n) is 10.1. The van der Waals surface area contributed by atoms with Gasteiger partial charge >= 0.3 is 0 Å². The third-order valence-corrected chi connectivity index (χ3v) is 2.66. The highest BCUT2D eigenvalue weighted by atomic mass is 16.1. The maximum absolute atomic E-state index is 12.0. The van der Waals surface area contributed by atoms with Crippen LogP contribution >= 0.6 is 0 Å². The van der Waals surface area contributed by atoms with E-state index in [1.165, 1.54) is 0 Å². The van der Waals surface area contributed by atoms with E-state index in [4.69, 9.17) is 0 Å². The Labute approximate surface area is 107 Å². The molecule has 0 saturated carbocycles. The van der Waals surface area contributed by atoms with E-state index in [9.17, 15) is 4.79 Å². The van der Waals surface area contributed by atoms with E-state index in [1.807, 2.05) is 54.6 Å². The van der Waals surface area contributed by atoms with Crippen molar-refractivity contribution in [2.24, 2.45) is 0 Å². The molecule has 0 aliphatic carbocycles. The van der Waals surface area contributed by atoms with Gasteiger partial charge in [0.2, 0.25) is 0 Å². The Morgan fingerprint density at radius 2 is 1.72 bits per heavy atom. The van der Waals surface area contributed by atoms with Gasteiger partial charge in [-0.05, 0) is 17.2 Å². The number of nitrogens with one attached hydrogen (secondary N) is 1. The number of hydrogen-bond acceptors (Lipinski definition) is 1. The zero-order chi connectivity index (χ0) is 12.8. The number of rotatable bonds is 4. The van der Waals surface area contributed by atoms with E-state index in [0.29, 0.717) is 12.1 Å². The van der Waals surface area contributed by atoms with Crippen molar-refractivity contribution in [1.82, 2.24) is 5.32 Å². The molecule has 0 spiro atoms. The zero-order valence-corrected chi connectivity index (χ0v) is 10.1. The van der Waals surface area contributed by atoms with Crippen LogP contribution in [0.4, 0.5) is 0 Å². The molecule has 0 aliphatic heterocycles. The molecule has 0 bridgehead atoms. The SMILES string of the molecule is C=CCNC(=O)c1ccccc1-c1ccccc1. The van der Waals surface area contributed by atoms with Crippen LogP contribution in [-0.2, 0) is 0 Å². The lowest BCUT2D eigenvalue weighted by molar-refractivity contribution is 0.0958. The molecule has 90 valence electrons. The molecule has 0 heterocycles. The van der Waals surface area contributed by atoms with E-state index in [0.717, 1.165) is 11.1 Å². The summed E-state index contributed by atoms with van der Waals surface area (Å²) in [5.74, 6) is -0.0747. The standard InChI is InChI=1S/C16H15NO/c1-2-12-17-16(18)15-11-7-6-10-14(15)13-8-4-3-5-9-13/h2-11H,1,12H2,(H,17,18). The summed E-state index contributed by atoms with van der Waals surface area (Å²) in [6.07, 6.45) is 1.67. The number of carbonyl (C=O) groups excluding carboxylic acids is 1. The topological polar surface area (TPSA) is 29.1 Å². The second kappa shape index (κ2) is 5.82. The Bertz CT molecular complexity index is 546. The molecule has 2 aromatic rings. The monoisotopic (exact) mass is 237 g/mol. The summed E-state index contributed by atoms with van der Waals surface area (Å²) in [6.45, 7) is 4.07. The van der Waals surface area contributed by atoms with Gasteiger partial charge in [0, 0.05) is 12.1 Å². The van der Waals surface area contributed by atoms with Crippen LogP contribution in [0.2, 0.25) is 0 Å². The number of hydrogen-bond donors (Lipinski definition) is 1. The molecule has 0 fully saturated rings. The van der Waals surface area contributed by atoms with Crippen LogP contribution in [0.15, 0.2) is 67.3 Å². The Morgan fingerprint density at radius 3 is 2.44 bits per heavy atom. The van der Waals surface area contributed by atoms with Gasteiger partial charge in [0.15, 0.2) is 0 Å². The van der Waals surface area contributed by atoms with Crippen LogP contribution in [-0.4, -0.2) is 12.5 Å². The van der Waals surface area contributed by atoms with Gasteiger partial charge in [-0.1, -0.05) is 54.6 Å². The van der Waals surface area contributed by atoms with Crippen LogP contribution < -0.4 is 5.32 Å². The lowest BCUT2D eigenvalue weighted by atomic mass is 9.99. The Balaban J connectivity index is 2.37. The van der Waals surface area contributed by atoms with Crippen molar-refractivity contribution in [1.29, 1.82) is 0 Å². The molecular weight excluding hydrogens is 222 g/mol. The molecule has 0 radical (unpaired) electrons. The smallest absolute Gasteiger partial charge is 0.252 e. The molecule has 1 N–H and O–H groups in total. The van der Waals surface area contributed by atoms with Crippen LogP contribution in [0.5, 0.6) is 0 Å². The third kappa shape index (κ3) is 2.66. The Morgan fingerprint density at radius 1 is 1.06 bits per heavy atom. The average molecular weight is 237 g/mol. The summed E-state index contributed by atoms with van der Waals surface area (Å²) < 4.78 is 0. The second-order valence-electron chi connectivity index (χ2n) is 3.91. The minimum Gasteiger partial charge on any atom is -0.349 e. The molecule has 0 unspecified atom stereocenters. The van der Waals surface area contributed by atoms with Crippen molar-refractivity contribution in [3.05, 3.63) is 72.8 Å². The Kier molecular flexibility index (Phi) is 3.92. The van der Waals surface area contributed by atoms with Gasteiger partial charge in [-0.2, -0.15) is 0 Å². The van der Waals surface area contributed by atoms with E-state index in [-0.39, 0.29) is 5.91 Å². The maximum atomic E-state index is 12.0. The first kappa shape index (κ1) is 12.1. The molecular formula is C16H15NO. The van der Waals surface area contributed by atoms with Crippen molar-refractivity contribution in [2.45, 2.75) is 0 Å². The molecule has 0 aromatic heterocycles. The summed E-state index contributed by atoms with van der Waals surface area (Å²) in [4.78, 5) is 12.0. The molecule has 2 heteroatoms. The maximum Gasteiger partial charge on any atom is 0.252 e. The normalized spacial score (nSPS) is 9.78. The van der Waals surface area contributed by atoms with E-state index in [1.54, 1.807) is 6.08 Å². The van der Waals surface area contributed by atoms with Crippen molar-refractivity contribution >= 4 is 5.91 Å².